The second kappa shape index (κ2) is 34.8. The molecule has 0 spiro atoms. The van der Waals surface area contributed by atoms with E-state index in [1.165, 1.54) is 11.8 Å². The van der Waals surface area contributed by atoms with Crippen molar-refractivity contribution in [3.63, 3.8) is 0 Å². The molecule has 1 N–H and O–H groups in total. The second-order valence-corrected chi connectivity index (χ2v) is 12.5. The molecule has 0 aromatic rings. The zero-order valence-corrected chi connectivity index (χ0v) is 34.6. The summed E-state index contributed by atoms with van der Waals surface area (Å²) in [5.41, 5.74) is 1.15. The van der Waals surface area contributed by atoms with Gasteiger partial charge in [-0.1, -0.05) is 32.9 Å². The van der Waals surface area contributed by atoms with Crippen molar-refractivity contribution in [1.29, 1.82) is 0 Å². The summed E-state index contributed by atoms with van der Waals surface area (Å²) < 4.78 is 26.9. The summed E-state index contributed by atoms with van der Waals surface area (Å²) in [7, 11) is 0. The average Bonchev–Trinajstić information content (AvgIpc) is 3.75. The molecular weight excluding hydrogens is 732 g/mol. The minimum absolute atomic E-state index is 0.0463. The molecule has 3 aliphatic rings. The highest BCUT2D eigenvalue weighted by Gasteiger charge is 2.37. The molecule has 16 nitrogen and oxygen atoms in total. The second-order valence-electron chi connectivity index (χ2n) is 12.5. The Bertz CT molecular complexity index is 1190. The Hall–Kier alpha value is -3.38. The number of aliphatic carboxylic acids is 1. The fourth-order valence-corrected chi connectivity index (χ4v) is 5.16. The van der Waals surface area contributed by atoms with E-state index in [-0.39, 0.29) is 61.3 Å². The number of carboxylic acids is 1. The highest BCUT2D eigenvalue weighted by molar-refractivity contribution is 6.20. The van der Waals surface area contributed by atoms with E-state index in [0.717, 1.165) is 32.2 Å². The van der Waals surface area contributed by atoms with E-state index < -0.39 is 5.97 Å². The van der Waals surface area contributed by atoms with Gasteiger partial charge in [0.15, 0.2) is 0 Å². The van der Waals surface area contributed by atoms with Crippen LogP contribution in [0.5, 0.6) is 0 Å². The van der Waals surface area contributed by atoms with E-state index in [1.54, 1.807) is 13.0 Å². The van der Waals surface area contributed by atoms with E-state index in [0.29, 0.717) is 103 Å². The first kappa shape index (κ1) is 52.6. The van der Waals surface area contributed by atoms with Crippen molar-refractivity contribution in [2.45, 2.75) is 105 Å². The molecule has 2 heterocycles. The summed E-state index contributed by atoms with van der Waals surface area (Å²) in [6.45, 7) is 17.2. The number of hydrogen-bond acceptors (Lipinski definition) is 13. The number of nitrogens with zero attached hydrogens (tertiary/aromatic N) is 2. The fraction of sp³-hybridized carbons (Fsp3) is 0.750. The van der Waals surface area contributed by atoms with Crippen molar-refractivity contribution in [3.05, 3.63) is 23.3 Å². The summed E-state index contributed by atoms with van der Waals surface area (Å²) in [6.07, 6.45) is 8.89. The maximum Gasteiger partial charge on any atom is 0.303 e. The van der Waals surface area contributed by atoms with E-state index in [4.69, 9.17) is 38.6 Å². The molecule has 0 aromatic heterocycles. The minimum Gasteiger partial charge on any atom is -0.481 e. The number of ether oxygens (including phenoxy) is 5. The lowest BCUT2D eigenvalue weighted by molar-refractivity contribution is -0.299. The summed E-state index contributed by atoms with van der Waals surface area (Å²) in [6, 6.07) is 0.0757. The average molecular weight is 801 g/mol. The summed E-state index contributed by atoms with van der Waals surface area (Å²) >= 11 is 0. The predicted octanol–water partition coefficient (Wildman–Crippen LogP) is 4.28. The molecule has 1 saturated heterocycles. The molecule has 322 valence electrons. The Morgan fingerprint density at radius 2 is 1.32 bits per heavy atom. The number of hydrogen-bond donors (Lipinski definition) is 1. The molecule has 0 aromatic carbocycles. The molecule has 1 atom stereocenters. The third kappa shape index (κ3) is 25.0. The number of imide groups is 1. The molecule has 3 amide bonds. The largest absolute Gasteiger partial charge is 0.481 e. The molecule has 16 heteroatoms. The van der Waals surface area contributed by atoms with Crippen LogP contribution >= 0.6 is 0 Å². The normalized spacial score (nSPS) is 15.7. The van der Waals surface area contributed by atoms with Gasteiger partial charge in [-0.3, -0.25) is 28.9 Å². The van der Waals surface area contributed by atoms with Crippen LogP contribution in [0.4, 0.5) is 0 Å². The van der Waals surface area contributed by atoms with Crippen LogP contribution in [0.15, 0.2) is 23.3 Å². The standard InChI is InChI=1S/C27H42N2O9.C6H12O2.C5H8O3.C2H6/c1-2-12-37-38-21-22-6-5-10-28(22)25(30)9-13-33-15-17-35-19-20-36-18-16-34-14-11-29-26(31)23-7-3-4-8-24(23)27(29)32;1-3-8-5-4-6(2)7;1-4(6)2-3-5(7)8;1-2/h3,7,22H,2,4-6,8-21H2,1H3;3-5H2,1-2H3;2-3H2,1H3,(H,7,8);1-2H3. The smallest absolute Gasteiger partial charge is 0.303 e. The van der Waals surface area contributed by atoms with Crippen molar-refractivity contribution in [2.75, 3.05) is 92.4 Å². The van der Waals surface area contributed by atoms with E-state index in [2.05, 4.69) is 0 Å². The SMILES string of the molecule is CC.CC(=O)CCC(=O)O.CCCOOCC1CCCN1C(=O)CCOCCOCCOCCOCCN1C(=O)C2=C(CCC=C2)C1=O.CCOCCC(C)=O. The van der Waals surface area contributed by atoms with Crippen LogP contribution in [0.1, 0.15) is 99.3 Å². The lowest BCUT2D eigenvalue weighted by Gasteiger charge is -2.24. The number of amides is 3. The summed E-state index contributed by atoms with van der Waals surface area (Å²) in [5.74, 6) is -1.14. The fourth-order valence-electron chi connectivity index (χ4n) is 5.16. The first-order chi connectivity index (χ1) is 27.0. The first-order valence-electron chi connectivity index (χ1n) is 19.9. The van der Waals surface area contributed by atoms with Gasteiger partial charge < -0.3 is 38.5 Å². The van der Waals surface area contributed by atoms with E-state index >= 15 is 0 Å². The van der Waals surface area contributed by atoms with Crippen molar-refractivity contribution < 1.29 is 67.3 Å². The quantitative estimate of drug-likeness (QED) is 0.0536. The van der Waals surface area contributed by atoms with Crippen LogP contribution in [-0.4, -0.2) is 149 Å². The van der Waals surface area contributed by atoms with Crippen molar-refractivity contribution in [2.24, 2.45) is 0 Å². The molecule has 2 aliphatic heterocycles. The Morgan fingerprint density at radius 3 is 1.86 bits per heavy atom. The van der Waals surface area contributed by atoms with E-state index in [1.807, 2.05) is 38.7 Å². The Morgan fingerprint density at radius 1 is 0.732 bits per heavy atom. The van der Waals surface area contributed by atoms with Gasteiger partial charge in [0.05, 0.1) is 91.5 Å². The highest BCUT2D eigenvalue weighted by atomic mass is 17.2. The van der Waals surface area contributed by atoms with Gasteiger partial charge in [-0.15, -0.1) is 0 Å². The molecular formula is C40H68N2O14. The Balaban J connectivity index is 0.00000139. The first-order valence-corrected chi connectivity index (χ1v) is 19.9. The number of carbonyl (C=O) groups is 6. The third-order valence-corrected chi connectivity index (χ3v) is 8.01. The molecule has 1 unspecified atom stereocenters. The van der Waals surface area contributed by atoms with Gasteiger partial charge in [-0.2, -0.15) is 0 Å². The third-order valence-electron chi connectivity index (χ3n) is 8.01. The zero-order chi connectivity index (χ0) is 42.0. The Kier molecular flexibility index (Phi) is 32.7. The van der Waals surface area contributed by atoms with Crippen molar-refractivity contribution in [3.8, 4) is 0 Å². The molecule has 0 bridgehead atoms. The Labute approximate surface area is 333 Å². The molecule has 0 saturated carbocycles. The number of rotatable bonds is 27. The van der Waals surface area contributed by atoms with Crippen LogP contribution in [0.2, 0.25) is 0 Å². The minimum atomic E-state index is -0.916. The van der Waals surface area contributed by atoms with Gasteiger partial charge in [0.2, 0.25) is 5.91 Å². The monoisotopic (exact) mass is 800 g/mol. The number of allylic oxidation sites excluding steroid dienone is 1. The van der Waals surface area contributed by atoms with Crippen molar-refractivity contribution >= 4 is 35.3 Å². The number of carboxylic acid groups (broad SMARTS) is 1. The number of Topliss-reactive ketones (excluding diaryl/α,β-unsaturated/α-hetero) is 2. The van der Waals surface area contributed by atoms with Crippen LogP contribution in [0.25, 0.3) is 0 Å². The van der Waals surface area contributed by atoms with E-state index in [9.17, 15) is 28.8 Å². The molecule has 0 radical (unpaired) electrons. The highest BCUT2D eigenvalue weighted by Crippen LogP contribution is 2.28. The predicted molar refractivity (Wildman–Crippen MR) is 208 cm³/mol. The van der Waals surface area contributed by atoms with Gasteiger partial charge in [0.1, 0.15) is 18.2 Å². The lowest BCUT2D eigenvalue weighted by Crippen LogP contribution is -2.38. The van der Waals surface area contributed by atoms with Crippen LogP contribution < -0.4 is 0 Å². The number of carbonyl (C=O) groups excluding carboxylic acids is 5. The van der Waals surface area contributed by atoms with Crippen molar-refractivity contribution in [1.82, 2.24) is 9.80 Å². The van der Waals surface area contributed by atoms with Gasteiger partial charge in [-0.05, 0) is 52.9 Å². The molecule has 3 rings (SSSR count). The summed E-state index contributed by atoms with van der Waals surface area (Å²) in [4.78, 5) is 80.6. The summed E-state index contributed by atoms with van der Waals surface area (Å²) in [5, 5.41) is 8.01. The van der Waals surface area contributed by atoms with Gasteiger partial charge in [-0.25, -0.2) is 9.78 Å². The zero-order valence-electron chi connectivity index (χ0n) is 34.6. The van der Waals surface area contributed by atoms with Gasteiger partial charge in [0, 0.05) is 37.1 Å². The van der Waals surface area contributed by atoms with Crippen LogP contribution in [-0.2, 0) is 62.2 Å². The topological polar surface area (TPSA) is 194 Å². The number of ketones is 2. The van der Waals surface area contributed by atoms with Crippen LogP contribution in [0.3, 0.4) is 0 Å². The molecule has 1 aliphatic carbocycles. The van der Waals surface area contributed by atoms with Gasteiger partial charge >= 0.3 is 5.97 Å². The molecule has 1 fully saturated rings. The number of likely N-dealkylation sites (tertiary alicyclic amines) is 1. The maximum atomic E-state index is 12.5. The van der Waals surface area contributed by atoms with Crippen LogP contribution in [0, 0.1) is 0 Å². The lowest BCUT2D eigenvalue weighted by atomic mass is 10.00. The molecule has 56 heavy (non-hydrogen) atoms. The maximum absolute atomic E-state index is 12.5. The van der Waals surface area contributed by atoms with Gasteiger partial charge in [0.25, 0.3) is 11.8 Å².